The van der Waals surface area contributed by atoms with Crippen LogP contribution in [0.3, 0.4) is 0 Å². The smallest absolute Gasteiger partial charge is 0.396 e. The van der Waals surface area contributed by atoms with Crippen LogP contribution in [0, 0.1) is 5.92 Å². The van der Waals surface area contributed by atoms with Gasteiger partial charge in [-0.05, 0) is 31.7 Å². The minimum Gasteiger partial charge on any atom is -0.473 e. The molecule has 136 valence electrons. The maximum absolute atomic E-state index is 11.5. The molecular weight excluding hydrogens is 352 g/mol. The van der Waals surface area contributed by atoms with Gasteiger partial charge in [0.15, 0.2) is 0 Å². The minimum atomic E-state index is -1.01. The molecule has 0 aromatic carbocycles. The Kier molecular flexibility index (Phi) is 6.58. The van der Waals surface area contributed by atoms with Crippen molar-refractivity contribution in [2.24, 2.45) is 5.92 Å². The zero-order valence-electron chi connectivity index (χ0n) is 13.9. The average molecular weight is 371 g/mol. The van der Waals surface area contributed by atoms with E-state index in [-0.39, 0.29) is 34.6 Å². The van der Waals surface area contributed by atoms with Crippen molar-refractivity contribution in [3.63, 3.8) is 0 Å². The summed E-state index contributed by atoms with van der Waals surface area (Å²) in [6.07, 6.45) is 3.99. The fraction of sp³-hybridized carbons (Fsp3) is 0.500. The first kappa shape index (κ1) is 19.0. The van der Waals surface area contributed by atoms with Crippen molar-refractivity contribution in [2.75, 3.05) is 19.5 Å². The van der Waals surface area contributed by atoms with Crippen LogP contribution in [-0.4, -0.2) is 43.2 Å². The number of amides is 1. The molecule has 1 heterocycles. The number of carbonyl (C=O) groups excluding carboxylic acids is 3. The van der Waals surface area contributed by atoms with Gasteiger partial charge in [0, 0.05) is 0 Å². The molecule has 1 saturated carbocycles. The molecule has 2 rings (SSSR count). The zero-order chi connectivity index (χ0) is 18.4. The number of esters is 2. The number of ether oxygens (including phenoxy) is 3. The highest BCUT2D eigenvalue weighted by Crippen LogP contribution is 2.31. The van der Waals surface area contributed by atoms with Gasteiger partial charge in [0.2, 0.25) is 5.88 Å². The fourth-order valence-corrected chi connectivity index (χ4v) is 2.81. The summed E-state index contributed by atoms with van der Waals surface area (Å²) >= 11 is 6.12. The summed E-state index contributed by atoms with van der Waals surface area (Å²) in [6, 6.07) is 1.44. The number of carbonyl (C=O) groups is 3. The Hall–Kier alpha value is -2.35. The summed E-state index contributed by atoms with van der Waals surface area (Å²) in [5, 5.41) is 2.53. The number of pyridine rings is 1. The second-order valence-corrected chi connectivity index (χ2v) is 5.98. The van der Waals surface area contributed by atoms with Crippen LogP contribution in [0.15, 0.2) is 12.3 Å². The molecule has 0 aliphatic heterocycles. The van der Waals surface area contributed by atoms with E-state index in [0.717, 1.165) is 7.11 Å². The number of hydrogen-bond donors (Lipinski definition) is 1. The average Bonchev–Trinajstić information content (AvgIpc) is 2.63. The minimum absolute atomic E-state index is 0.0933. The van der Waals surface area contributed by atoms with E-state index in [4.69, 9.17) is 21.1 Å². The molecule has 1 aromatic rings. The van der Waals surface area contributed by atoms with Crippen LogP contribution < -0.4 is 10.1 Å². The van der Waals surface area contributed by atoms with Crippen molar-refractivity contribution in [2.45, 2.75) is 31.8 Å². The third-order valence-corrected chi connectivity index (χ3v) is 4.19. The molecule has 0 radical (unpaired) electrons. The van der Waals surface area contributed by atoms with Crippen LogP contribution in [0.5, 0.6) is 5.88 Å². The molecule has 8 nitrogen and oxygen atoms in total. The normalized spacial score (nSPS) is 19.6. The summed E-state index contributed by atoms with van der Waals surface area (Å²) in [7, 11) is 2.49. The number of nitrogens with zero attached hydrogens (tertiary/aromatic N) is 1. The second-order valence-electron chi connectivity index (χ2n) is 5.57. The van der Waals surface area contributed by atoms with Gasteiger partial charge in [-0.3, -0.25) is 9.59 Å². The van der Waals surface area contributed by atoms with E-state index in [2.05, 4.69) is 15.0 Å². The van der Waals surface area contributed by atoms with Gasteiger partial charge in [-0.1, -0.05) is 11.6 Å². The van der Waals surface area contributed by atoms with E-state index in [1.807, 2.05) is 0 Å². The molecule has 1 aliphatic rings. The molecule has 1 fully saturated rings. The summed E-state index contributed by atoms with van der Waals surface area (Å²) in [6.45, 7) is 0. The maximum Gasteiger partial charge on any atom is 0.396 e. The quantitative estimate of drug-likeness (QED) is 0.638. The Morgan fingerprint density at radius 3 is 2.40 bits per heavy atom. The Morgan fingerprint density at radius 2 is 1.84 bits per heavy atom. The molecule has 1 N–H and O–H groups in total. The monoisotopic (exact) mass is 370 g/mol. The number of hydrogen-bond acceptors (Lipinski definition) is 7. The van der Waals surface area contributed by atoms with Gasteiger partial charge in [-0.2, -0.15) is 0 Å². The first-order valence-electron chi connectivity index (χ1n) is 7.74. The first-order chi connectivity index (χ1) is 11.9. The van der Waals surface area contributed by atoms with Crippen LogP contribution in [0.1, 0.15) is 25.7 Å². The van der Waals surface area contributed by atoms with Gasteiger partial charge in [-0.25, -0.2) is 9.78 Å². The molecule has 1 aliphatic carbocycles. The van der Waals surface area contributed by atoms with Gasteiger partial charge in [0.25, 0.3) is 0 Å². The summed E-state index contributed by atoms with van der Waals surface area (Å²) in [4.78, 5) is 38.1. The van der Waals surface area contributed by atoms with Crippen LogP contribution >= 0.6 is 11.6 Å². The largest absolute Gasteiger partial charge is 0.473 e. The summed E-state index contributed by atoms with van der Waals surface area (Å²) in [5.74, 6) is -1.99. The van der Waals surface area contributed by atoms with E-state index in [0.29, 0.717) is 25.7 Å². The van der Waals surface area contributed by atoms with E-state index in [9.17, 15) is 14.4 Å². The molecule has 0 bridgehead atoms. The van der Waals surface area contributed by atoms with Crippen LogP contribution in [0.25, 0.3) is 0 Å². The lowest BCUT2D eigenvalue weighted by Crippen LogP contribution is -2.29. The van der Waals surface area contributed by atoms with Crippen LogP contribution in [0.4, 0.5) is 5.69 Å². The first-order valence-corrected chi connectivity index (χ1v) is 8.11. The van der Waals surface area contributed by atoms with Gasteiger partial charge in [-0.15, -0.1) is 0 Å². The molecule has 9 heteroatoms. The maximum atomic E-state index is 11.5. The van der Waals surface area contributed by atoms with Gasteiger partial charge >= 0.3 is 17.8 Å². The molecule has 0 spiro atoms. The predicted molar refractivity (Wildman–Crippen MR) is 88.3 cm³/mol. The fourth-order valence-electron chi connectivity index (χ4n) is 2.60. The Labute approximate surface area is 149 Å². The lowest BCUT2D eigenvalue weighted by atomic mass is 9.87. The lowest BCUT2D eigenvalue weighted by Gasteiger charge is -2.27. The van der Waals surface area contributed by atoms with Gasteiger partial charge in [0.1, 0.15) is 11.1 Å². The molecule has 1 amide bonds. The number of nitrogens with one attached hydrogen (secondary N) is 1. The highest BCUT2D eigenvalue weighted by molar-refractivity contribution is 6.37. The Balaban J connectivity index is 1.92. The molecular formula is C16H19ClN2O6. The molecule has 1 aromatic heterocycles. The number of anilines is 1. The number of methoxy groups -OCH3 is 2. The SMILES string of the molecule is COC(=O)C(=O)Nc1cnc(OC2CCC(C(=O)OC)CC2)c(Cl)c1. The van der Waals surface area contributed by atoms with Gasteiger partial charge < -0.3 is 19.5 Å². The summed E-state index contributed by atoms with van der Waals surface area (Å²) in [5.41, 5.74) is 0.252. The molecule has 25 heavy (non-hydrogen) atoms. The van der Waals surface area contributed by atoms with Crippen molar-refractivity contribution >= 4 is 35.1 Å². The van der Waals surface area contributed by atoms with E-state index >= 15 is 0 Å². The third-order valence-electron chi connectivity index (χ3n) is 3.92. The zero-order valence-corrected chi connectivity index (χ0v) is 14.7. The van der Waals surface area contributed by atoms with E-state index in [1.54, 1.807) is 0 Å². The van der Waals surface area contributed by atoms with Crippen molar-refractivity contribution < 1.29 is 28.6 Å². The Bertz CT molecular complexity index is 658. The highest BCUT2D eigenvalue weighted by Gasteiger charge is 2.28. The van der Waals surface area contributed by atoms with Crippen molar-refractivity contribution in [3.8, 4) is 5.88 Å². The number of aromatic nitrogens is 1. The van der Waals surface area contributed by atoms with E-state index in [1.165, 1.54) is 19.4 Å². The summed E-state index contributed by atoms with van der Waals surface area (Å²) < 4.78 is 14.8. The highest BCUT2D eigenvalue weighted by atomic mass is 35.5. The van der Waals surface area contributed by atoms with Crippen LogP contribution in [-0.2, 0) is 23.9 Å². The number of halogens is 1. The van der Waals surface area contributed by atoms with Crippen LogP contribution in [0.2, 0.25) is 5.02 Å². The standard InChI is InChI=1S/C16H19ClN2O6/c1-23-15(21)9-3-5-11(6-4-9)25-14-12(17)7-10(8-18-14)19-13(20)16(22)24-2/h7-9,11H,3-6H2,1-2H3,(H,19,20). The van der Waals surface area contributed by atoms with E-state index < -0.39 is 11.9 Å². The Morgan fingerprint density at radius 1 is 1.16 bits per heavy atom. The van der Waals surface area contributed by atoms with Gasteiger partial charge in [0.05, 0.1) is 32.0 Å². The predicted octanol–water partition coefficient (Wildman–Crippen LogP) is 1.96. The third kappa shape index (κ3) is 5.06. The van der Waals surface area contributed by atoms with Crippen molar-refractivity contribution in [1.82, 2.24) is 4.98 Å². The molecule has 0 unspecified atom stereocenters. The molecule has 0 atom stereocenters. The number of rotatable bonds is 4. The topological polar surface area (TPSA) is 104 Å². The second kappa shape index (κ2) is 8.66. The van der Waals surface area contributed by atoms with Crippen molar-refractivity contribution in [3.05, 3.63) is 17.3 Å². The molecule has 0 saturated heterocycles. The van der Waals surface area contributed by atoms with Crippen molar-refractivity contribution in [1.29, 1.82) is 0 Å². The lowest BCUT2D eigenvalue weighted by molar-refractivity contribution is -0.150.